The molecular weight excluding hydrogens is 208 g/mol. The van der Waals surface area contributed by atoms with Gasteiger partial charge in [0.2, 0.25) is 5.91 Å². The van der Waals surface area contributed by atoms with Crippen LogP contribution in [0.15, 0.2) is 0 Å². The van der Waals surface area contributed by atoms with Gasteiger partial charge in [0.25, 0.3) is 0 Å². The van der Waals surface area contributed by atoms with Crippen molar-refractivity contribution < 1.29 is 14.7 Å². The van der Waals surface area contributed by atoms with Crippen molar-refractivity contribution >= 4 is 11.9 Å². The van der Waals surface area contributed by atoms with E-state index in [0.717, 1.165) is 17.7 Å². The van der Waals surface area contributed by atoms with Crippen molar-refractivity contribution in [1.29, 1.82) is 0 Å². The fourth-order valence-corrected chi connectivity index (χ4v) is 2.59. The molecule has 3 amide bonds. The van der Waals surface area contributed by atoms with Crippen molar-refractivity contribution in [2.24, 2.45) is 5.92 Å². The van der Waals surface area contributed by atoms with Crippen molar-refractivity contribution in [2.75, 3.05) is 13.6 Å². The van der Waals surface area contributed by atoms with Crippen LogP contribution in [0, 0.1) is 5.92 Å². The summed E-state index contributed by atoms with van der Waals surface area (Å²) in [7, 11) is 1.51. The Morgan fingerprint density at radius 2 is 2.00 bits per heavy atom. The number of carbonyl (C=O) groups excluding carboxylic acids is 2. The highest BCUT2D eigenvalue weighted by atomic mass is 16.3. The zero-order chi connectivity index (χ0) is 11.9. The van der Waals surface area contributed by atoms with E-state index >= 15 is 0 Å². The molecule has 0 spiro atoms. The lowest BCUT2D eigenvalue weighted by Gasteiger charge is -2.37. The summed E-state index contributed by atoms with van der Waals surface area (Å²) in [6, 6.07) is -0.221. The highest BCUT2D eigenvalue weighted by Gasteiger charge is 2.41. The second-order valence-corrected chi connectivity index (χ2v) is 4.87. The van der Waals surface area contributed by atoms with Crippen molar-refractivity contribution in [3.63, 3.8) is 0 Å². The van der Waals surface area contributed by atoms with E-state index in [1.807, 2.05) is 0 Å². The molecule has 5 nitrogen and oxygen atoms in total. The average molecular weight is 226 g/mol. The second-order valence-electron chi connectivity index (χ2n) is 4.87. The van der Waals surface area contributed by atoms with Crippen LogP contribution in [0.3, 0.4) is 0 Å². The molecule has 5 heteroatoms. The van der Waals surface area contributed by atoms with Gasteiger partial charge in [0.05, 0.1) is 6.10 Å². The Kier molecular flexibility index (Phi) is 2.88. The molecule has 0 aromatic rings. The van der Waals surface area contributed by atoms with Gasteiger partial charge in [0.15, 0.2) is 0 Å². The van der Waals surface area contributed by atoms with Gasteiger partial charge in [-0.15, -0.1) is 0 Å². The maximum atomic E-state index is 11.8. The van der Waals surface area contributed by atoms with E-state index in [9.17, 15) is 14.7 Å². The maximum absolute atomic E-state index is 11.8. The number of imide groups is 1. The number of carbonyl (C=O) groups is 2. The van der Waals surface area contributed by atoms with Crippen LogP contribution in [0.4, 0.5) is 4.79 Å². The number of nitrogens with zero attached hydrogens (tertiary/aromatic N) is 2. The van der Waals surface area contributed by atoms with E-state index in [-0.39, 0.29) is 30.6 Å². The van der Waals surface area contributed by atoms with Crippen molar-refractivity contribution in [2.45, 2.75) is 38.3 Å². The fraction of sp³-hybridized carbons (Fsp3) is 0.818. The van der Waals surface area contributed by atoms with Gasteiger partial charge in [-0.3, -0.25) is 9.69 Å². The molecule has 0 radical (unpaired) electrons. The number of aliphatic hydroxyl groups excluding tert-OH is 1. The lowest BCUT2D eigenvalue weighted by atomic mass is 9.83. The summed E-state index contributed by atoms with van der Waals surface area (Å²) in [4.78, 5) is 26.0. The lowest BCUT2D eigenvalue weighted by molar-refractivity contribution is -0.124. The number of likely N-dealkylation sites (N-methyl/N-ethyl adjacent to an activating group) is 1. The molecule has 1 saturated carbocycles. The predicted molar refractivity (Wildman–Crippen MR) is 57.7 cm³/mol. The maximum Gasteiger partial charge on any atom is 0.327 e. The van der Waals surface area contributed by atoms with Gasteiger partial charge in [-0.2, -0.15) is 0 Å². The molecule has 1 aliphatic carbocycles. The van der Waals surface area contributed by atoms with Crippen molar-refractivity contribution in [1.82, 2.24) is 9.80 Å². The van der Waals surface area contributed by atoms with E-state index < -0.39 is 0 Å². The lowest BCUT2D eigenvalue weighted by Crippen LogP contribution is -2.46. The molecule has 2 rings (SSSR count). The zero-order valence-corrected chi connectivity index (χ0v) is 9.72. The summed E-state index contributed by atoms with van der Waals surface area (Å²) in [5.74, 6) is 0.198. The smallest absolute Gasteiger partial charge is 0.327 e. The molecule has 3 atom stereocenters. The molecule has 0 bridgehead atoms. The molecule has 1 saturated heterocycles. The molecule has 3 unspecified atom stereocenters. The Balaban J connectivity index is 2.12. The largest absolute Gasteiger partial charge is 0.393 e. The first-order chi connectivity index (χ1) is 7.50. The Morgan fingerprint density at radius 3 is 2.56 bits per heavy atom. The van der Waals surface area contributed by atoms with E-state index in [2.05, 4.69) is 6.92 Å². The summed E-state index contributed by atoms with van der Waals surface area (Å²) in [6.07, 6.45) is 1.96. The van der Waals surface area contributed by atoms with Crippen molar-refractivity contribution in [3.8, 4) is 0 Å². The third-order valence-electron chi connectivity index (χ3n) is 3.74. The average Bonchev–Trinajstić information content (AvgIpc) is 2.50. The summed E-state index contributed by atoms with van der Waals surface area (Å²) >= 11 is 0. The Hall–Kier alpha value is -1.10. The van der Waals surface area contributed by atoms with Gasteiger partial charge in [-0.25, -0.2) is 4.79 Å². The van der Waals surface area contributed by atoms with Gasteiger partial charge in [-0.05, 0) is 25.2 Å². The number of amides is 3. The summed E-state index contributed by atoms with van der Waals surface area (Å²) in [6.45, 7) is 2.24. The van der Waals surface area contributed by atoms with E-state index in [4.69, 9.17) is 0 Å². The van der Waals surface area contributed by atoms with E-state index in [1.165, 1.54) is 7.05 Å². The fourth-order valence-electron chi connectivity index (χ4n) is 2.59. The van der Waals surface area contributed by atoms with Gasteiger partial charge >= 0.3 is 6.03 Å². The van der Waals surface area contributed by atoms with Crippen LogP contribution >= 0.6 is 0 Å². The van der Waals surface area contributed by atoms with Crippen LogP contribution < -0.4 is 0 Å². The van der Waals surface area contributed by atoms with Crippen LogP contribution in [0.5, 0.6) is 0 Å². The van der Waals surface area contributed by atoms with Crippen LogP contribution in [0.2, 0.25) is 0 Å². The van der Waals surface area contributed by atoms with Crippen molar-refractivity contribution in [3.05, 3.63) is 0 Å². The number of hydrogen-bond donors (Lipinski definition) is 1. The van der Waals surface area contributed by atoms with Crippen LogP contribution in [0.25, 0.3) is 0 Å². The van der Waals surface area contributed by atoms with Gasteiger partial charge in [-0.1, -0.05) is 6.92 Å². The normalized spacial score (nSPS) is 36.1. The summed E-state index contributed by atoms with van der Waals surface area (Å²) in [5, 5.41) is 9.64. The first-order valence-corrected chi connectivity index (χ1v) is 5.76. The minimum atomic E-state index is -0.338. The monoisotopic (exact) mass is 226 g/mol. The number of hydrogen-bond acceptors (Lipinski definition) is 3. The topological polar surface area (TPSA) is 60.9 Å². The molecule has 0 aromatic heterocycles. The molecule has 90 valence electrons. The zero-order valence-electron chi connectivity index (χ0n) is 9.72. The number of urea groups is 1. The van der Waals surface area contributed by atoms with E-state index in [1.54, 1.807) is 4.90 Å². The standard InChI is InChI=1S/C11H18N2O3/c1-7-3-4-8(14)5-9(7)13-6-10(15)12(2)11(13)16/h7-9,14H,3-6H2,1-2H3. The Morgan fingerprint density at radius 1 is 1.31 bits per heavy atom. The van der Waals surface area contributed by atoms with Crippen LogP contribution in [0.1, 0.15) is 26.2 Å². The highest BCUT2D eigenvalue weighted by molar-refractivity contribution is 6.01. The number of aliphatic hydroxyl groups is 1. The molecule has 0 aromatic carbocycles. The molecule has 2 aliphatic rings. The molecule has 1 aliphatic heterocycles. The van der Waals surface area contributed by atoms with Gasteiger partial charge in [0.1, 0.15) is 6.54 Å². The third-order valence-corrected chi connectivity index (χ3v) is 3.74. The van der Waals surface area contributed by atoms with Gasteiger partial charge in [0, 0.05) is 13.1 Å². The molecular formula is C11H18N2O3. The first kappa shape index (κ1) is 11.4. The SMILES string of the molecule is CC1CCC(O)CC1N1CC(=O)N(C)C1=O. The minimum Gasteiger partial charge on any atom is -0.393 e. The Labute approximate surface area is 95.0 Å². The summed E-state index contributed by atoms with van der Waals surface area (Å²) < 4.78 is 0. The quantitative estimate of drug-likeness (QED) is 0.659. The van der Waals surface area contributed by atoms with E-state index in [0.29, 0.717) is 12.3 Å². The number of rotatable bonds is 1. The highest BCUT2D eigenvalue weighted by Crippen LogP contribution is 2.30. The first-order valence-electron chi connectivity index (χ1n) is 5.76. The second kappa shape index (κ2) is 4.05. The third kappa shape index (κ3) is 1.80. The molecule has 2 fully saturated rings. The molecule has 16 heavy (non-hydrogen) atoms. The molecule has 1 N–H and O–H groups in total. The Bertz CT molecular complexity index is 318. The van der Waals surface area contributed by atoms with Gasteiger partial charge < -0.3 is 10.0 Å². The van der Waals surface area contributed by atoms with Crippen LogP contribution in [-0.2, 0) is 4.79 Å². The van der Waals surface area contributed by atoms with Crippen LogP contribution in [-0.4, -0.2) is 52.6 Å². The molecule has 1 heterocycles. The predicted octanol–water partition coefficient (Wildman–Crippen LogP) is 0.430. The minimum absolute atomic E-state index is 0.00477. The summed E-state index contributed by atoms with van der Waals surface area (Å²) in [5.41, 5.74) is 0.